The van der Waals surface area contributed by atoms with Gasteiger partial charge in [0.1, 0.15) is 11.6 Å². The zero-order valence-electron chi connectivity index (χ0n) is 16.4. The summed E-state index contributed by atoms with van der Waals surface area (Å²) in [7, 11) is -1.93. The van der Waals surface area contributed by atoms with Crippen LogP contribution < -0.4 is 20.1 Å². The molecular formula is C17H20BrClN6O5S. The second-order valence-electron chi connectivity index (χ2n) is 6.06. The number of benzene rings is 1. The number of nitrogens with one attached hydrogen (secondary N) is 3. The lowest BCUT2D eigenvalue weighted by molar-refractivity contribution is -0.385. The van der Waals surface area contributed by atoms with E-state index in [-0.39, 0.29) is 28.2 Å². The Morgan fingerprint density at radius 3 is 2.84 bits per heavy atom. The highest BCUT2D eigenvalue weighted by Crippen LogP contribution is 2.29. The van der Waals surface area contributed by atoms with E-state index in [1.165, 1.54) is 25.4 Å². The number of aromatic nitrogens is 2. The standard InChI is InChI=1S/C17H20BrClN6O5S/c1-20-17(26)24-31(2,29)14-6-5-11(25(27)28)9-13(14)30-8-4-3-7-21-15-12(18)10-22-16(19)23-15/h5-6,9-10H,2-4,7-8H2,1H3,(H,21,22,23)(H2,20,24,26,29). The molecule has 1 heterocycles. The summed E-state index contributed by atoms with van der Waals surface area (Å²) in [4.78, 5) is 30.0. The molecule has 0 aliphatic rings. The van der Waals surface area contributed by atoms with Crippen LogP contribution in [0.3, 0.4) is 0 Å². The molecular weight excluding hydrogens is 516 g/mol. The minimum absolute atomic E-state index is 0.0175. The van der Waals surface area contributed by atoms with Crippen molar-refractivity contribution >= 4 is 60.6 Å². The molecule has 3 N–H and O–H groups in total. The molecule has 1 unspecified atom stereocenters. The van der Waals surface area contributed by atoms with Crippen molar-refractivity contribution in [2.24, 2.45) is 0 Å². The van der Waals surface area contributed by atoms with Crippen LogP contribution in [0.1, 0.15) is 12.8 Å². The Labute approximate surface area is 192 Å². The van der Waals surface area contributed by atoms with E-state index in [4.69, 9.17) is 16.3 Å². The van der Waals surface area contributed by atoms with Gasteiger partial charge in [-0.3, -0.25) is 14.8 Å². The van der Waals surface area contributed by atoms with E-state index in [0.29, 0.717) is 29.7 Å². The minimum atomic E-state index is -3.29. The quantitative estimate of drug-likeness (QED) is 0.138. The lowest BCUT2D eigenvalue weighted by Gasteiger charge is -2.16. The summed E-state index contributed by atoms with van der Waals surface area (Å²) < 4.78 is 21.4. The zero-order chi connectivity index (χ0) is 23.0. The molecule has 2 aromatic rings. The van der Waals surface area contributed by atoms with Gasteiger partial charge in [0, 0.05) is 25.9 Å². The maximum atomic E-state index is 12.8. The molecule has 0 bridgehead atoms. The Hall–Kier alpha value is -2.64. The number of carbonyl (C=O) groups is 1. The smallest absolute Gasteiger partial charge is 0.326 e. The highest BCUT2D eigenvalue weighted by atomic mass is 79.9. The van der Waals surface area contributed by atoms with E-state index in [0.717, 1.165) is 6.07 Å². The fourth-order valence-corrected chi connectivity index (χ4v) is 4.04. The van der Waals surface area contributed by atoms with E-state index in [2.05, 4.69) is 47.1 Å². The first kappa shape index (κ1) is 24.6. The molecule has 0 saturated carbocycles. The van der Waals surface area contributed by atoms with E-state index < -0.39 is 20.7 Å². The Morgan fingerprint density at radius 1 is 1.42 bits per heavy atom. The number of rotatable bonds is 10. The number of unbranched alkanes of at least 4 members (excludes halogenated alkanes) is 1. The van der Waals surface area contributed by atoms with Gasteiger partial charge in [-0.2, -0.15) is 4.98 Å². The maximum Gasteiger partial charge on any atom is 0.326 e. The van der Waals surface area contributed by atoms with Gasteiger partial charge in [0.25, 0.3) is 5.69 Å². The van der Waals surface area contributed by atoms with Crippen molar-refractivity contribution in [3.63, 3.8) is 0 Å². The van der Waals surface area contributed by atoms with Crippen LogP contribution in [0.2, 0.25) is 5.28 Å². The number of halogens is 2. The molecule has 2 rings (SSSR count). The summed E-state index contributed by atoms with van der Waals surface area (Å²) >= 11 is 9.08. The number of carbonyl (C=O) groups excluding carboxylic acids is 1. The molecule has 14 heteroatoms. The molecule has 1 aromatic heterocycles. The summed E-state index contributed by atoms with van der Waals surface area (Å²) in [6.07, 6.45) is 2.79. The number of nitro benzene ring substituents is 1. The highest BCUT2D eigenvalue weighted by Gasteiger charge is 2.20. The second kappa shape index (κ2) is 11.1. The largest absolute Gasteiger partial charge is 0.492 e. The van der Waals surface area contributed by atoms with Gasteiger partial charge in [-0.05, 0) is 52.3 Å². The third-order valence-electron chi connectivity index (χ3n) is 3.81. The monoisotopic (exact) mass is 534 g/mol. The van der Waals surface area contributed by atoms with E-state index in [1.54, 1.807) is 0 Å². The average Bonchev–Trinajstić information content (AvgIpc) is 2.72. The molecule has 0 aliphatic carbocycles. The van der Waals surface area contributed by atoms with Crippen LogP contribution in [0, 0.1) is 10.1 Å². The fourth-order valence-electron chi connectivity index (χ4n) is 2.34. The van der Waals surface area contributed by atoms with Gasteiger partial charge in [0.05, 0.1) is 36.7 Å². The summed E-state index contributed by atoms with van der Waals surface area (Å²) in [5, 5.41) is 16.6. The number of hydrogen-bond donors (Lipinski definition) is 3. The van der Waals surface area contributed by atoms with Crippen LogP contribution in [0.5, 0.6) is 5.75 Å². The SMILES string of the molecule is C=S(=O)(NC(=O)NC)c1ccc([N+](=O)[O-])cc1OCCCCNc1nc(Cl)ncc1Br. The Balaban J connectivity index is 2.00. The lowest BCUT2D eigenvalue weighted by atomic mass is 10.3. The number of non-ortho nitro benzene ring substituents is 1. The van der Waals surface area contributed by atoms with E-state index >= 15 is 0 Å². The van der Waals surface area contributed by atoms with Gasteiger partial charge in [-0.1, -0.05) is 0 Å². The first-order valence-electron chi connectivity index (χ1n) is 8.84. The topological polar surface area (TPSA) is 148 Å². The van der Waals surface area contributed by atoms with Crippen molar-refractivity contribution < 1.29 is 18.7 Å². The number of nitrogens with zero attached hydrogens (tertiary/aromatic N) is 3. The second-order valence-corrected chi connectivity index (χ2v) is 9.25. The van der Waals surface area contributed by atoms with Crippen LogP contribution >= 0.6 is 27.5 Å². The molecule has 1 atom stereocenters. The van der Waals surface area contributed by atoms with Crippen LogP contribution in [0.15, 0.2) is 33.8 Å². The van der Waals surface area contributed by atoms with Gasteiger partial charge in [-0.25, -0.2) is 14.0 Å². The fraction of sp³-hybridized carbons (Fsp3) is 0.294. The molecule has 0 spiro atoms. The Morgan fingerprint density at radius 2 is 2.16 bits per heavy atom. The minimum Gasteiger partial charge on any atom is -0.492 e. The van der Waals surface area contributed by atoms with Gasteiger partial charge in [-0.15, -0.1) is 0 Å². The number of urea groups is 1. The van der Waals surface area contributed by atoms with Gasteiger partial charge >= 0.3 is 6.03 Å². The maximum absolute atomic E-state index is 12.8. The molecule has 0 radical (unpaired) electrons. The number of anilines is 1. The third kappa shape index (κ3) is 7.22. The van der Waals surface area contributed by atoms with Crippen LogP contribution in [-0.4, -0.2) is 51.2 Å². The summed E-state index contributed by atoms with van der Waals surface area (Å²) in [5.74, 6) is 4.11. The van der Waals surface area contributed by atoms with Crippen molar-refractivity contribution in [3.8, 4) is 5.75 Å². The zero-order valence-corrected chi connectivity index (χ0v) is 19.6. The molecule has 2 amide bonds. The summed E-state index contributed by atoms with van der Waals surface area (Å²) in [6, 6.07) is 2.89. The number of ether oxygens (including phenoxy) is 1. The van der Waals surface area contributed by atoms with Crippen molar-refractivity contribution in [1.29, 1.82) is 0 Å². The van der Waals surface area contributed by atoms with Crippen LogP contribution in [-0.2, 0) is 9.71 Å². The summed E-state index contributed by atoms with van der Waals surface area (Å²) in [6.45, 7) is 0.748. The molecule has 168 valence electrons. The molecule has 11 nitrogen and oxygen atoms in total. The molecule has 31 heavy (non-hydrogen) atoms. The predicted molar refractivity (Wildman–Crippen MR) is 122 cm³/mol. The number of amides is 2. The van der Waals surface area contributed by atoms with Gasteiger partial charge in [0.15, 0.2) is 0 Å². The van der Waals surface area contributed by atoms with E-state index in [1.807, 2.05) is 0 Å². The average molecular weight is 536 g/mol. The Kier molecular flexibility index (Phi) is 8.83. The Bertz CT molecular complexity index is 1070. The normalized spacial score (nSPS) is 12.5. The first-order chi connectivity index (χ1) is 14.6. The molecule has 1 aromatic carbocycles. The van der Waals surface area contributed by atoms with E-state index in [9.17, 15) is 19.1 Å². The van der Waals surface area contributed by atoms with Crippen molar-refractivity contribution in [2.75, 3.05) is 25.5 Å². The molecule has 0 saturated heterocycles. The van der Waals surface area contributed by atoms with Crippen molar-refractivity contribution in [3.05, 3.63) is 44.3 Å². The molecule has 0 aliphatic heterocycles. The number of hydrogen-bond acceptors (Lipinski definition) is 8. The lowest BCUT2D eigenvalue weighted by Crippen LogP contribution is -2.37. The van der Waals surface area contributed by atoms with Crippen LogP contribution in [0.4, 0.5) is 16.3 Å². The predicted octanol–water partition coefficient (Wildman–Crippen LogP) is 2.99. The summed E-state index contributed by atoms with van der Waals surface area (Å²) in [5.41, 5.74) is -0.235. The van der Waals surface area contributed by atoms with Gasteiger partial charge in [0.2, 0.25) is 5.28 Å². The van der Waals surface area contributed by atoms with Crippen molar-refractivity contribution in [2.45, 2.75) is 17.7 Å². The van der Waals surface area contributed by atoms with Gasteiger partial charge < -0.3 is 15.4 Å². The van der Waals surface area contributed by atoms with Crippen LogP contribution in [0.25, 0.3) is 0 Å². The first-order valence-corrected chi connectivity index (χ1v) is 11.7. The highest BCUT2D eigenvalue weighted by molar-refractivity contribution is 9.10. The third-order valence-corrected chi connectivity index (χ3v) is 6.14. The number of nitro groups is 1. The van der Waals surface area contributed by atoms with Crippen molar-refractivity contribution in [1.82, 2.24) is 20.0 Å². The molecule has 0 fully saturated rings.